The van der Waals surface area contributed by atoms with E-state index in [0.717, 1.165) is 23.3 Å². The minimum absolute atomic E-state index is 0.126. The van der Waals surface area contributed by atoms with E-state index in [0.29, 0.717) is 25.3 Å². The zero-order chi connectivity index (χ0) is 19.2. The molecule has 1 atom stereocenters. The summed E-state index contributed by atoms with van der Waals surface area (Å²) in [5, 5.41) is 2.92. The first-order chi connectivity index (χ1) is 13.2. The molecule has 2 amide bonds. The Hall–Kier alpha value is -2.86. The molecular formula is C21H24N2O4. The van der Waals surface area contributed by atoms with Crippen molar-refractivity contribution in [3.05, 3.63) is 65.2 Å². The van der Waals surface area contributed by atoms with E-state index in [4.69, 9.17) is 9.47 Å². The zero-order valence-electron chi connectivity index (χ0n) is 15.6. The van der Waals surface area contributed by atoms with Crippen molar-refractivity contribution in [2.75, 3.05) is 27.4 Å². The number of carbonyl (C=O) groups is 2. The number of methoxy groups -OCH3 is 2. The van der Waals surface area contributed by atoms with Gasteiger partial charge in [0.2, 0.25) is 5.91 Å². The van der Waals surface area contributed by atoms with Crippen LogP contribution in [0.1, 0.15) is 33.9 Å². The summed E-state index contributed by atoms with van der Waals surface area (Å²) in [6.45, 7) is 1.44. The summed E-state index contributed by atoms with van der Waals surface area (Å²) in [6.07, 6.45) is 0.725. The van der Waals surface area contributed by atoms with Gasteiger partial charge in [-0.2, -0.15) is 0 Å². The summed E-state index contributed by atoms with van der Waals surface area (Å²) < 4.78 is 10.2. The van der Waals surface area contributed by atoms with Gasteiger partial charge in [-0.05, 0) is 35.7 Å². The largest absolute Gasteiger partial charge is 0.497 e. The molecule has 1 aliphatic heterocycles. The monoisotopic (exact) mass is 368 g/mol. The van der Waals surface area contributed by atoms with Gasteiger partial charge in [0, 0.05) is 32.4 Å². The van der Waals surface area contributed by atoms with E-state index in [1.807, 2.05) is 42.5 Å². The van der Waals surface area contributed by atoms with Crippen LogP contribution in [0.3, 0.4) is 0 Å². The fourth-order valence-corrected chi connectivity index (χ4v) is 3.27. The number of hydrogen-bond acceptors (Lipinski definition) is 4. The highest BCUT2D eigenvalue weighted by molar-refractivity contribution is 6.04. The zero-order valence-corrected chi connectivity index (χ0v) is 15.6. The molecule has 1 N–H and O–H groups in total. The van der Waals surface area contributed by atoms with Crippen LogP contribution in [0.25, 0.3) is 0 Å². The van der Waals surface area contributed by atoms with E-state index in [2.05, 4.69) is 5.32 Å². The molecule has 0 bridgehead atoms. The Bertz CT molecular complexity index is 804. The van der Waals surface area contributed by atoms with Crippen molar-refractivity contribution in [3.63, 3.8) is 0 Å². The van der Waals surface area contributed by atoms with Crippen molar-refractivity contribution in [1.29, 1.82) is 0 Å². The van der Waals surface area contributed by atoms with E-state index in [-0.39, 0.29) is 11.8 Å². The Kier molecular flexibility index (Phi) is 6.08. The van der Waals surface area contributed by atoms with E-state index >= 15 is 0 Å². The quantitative estimate of drug-likeness (QED) is 0.727. The molecule has 6 heteroatoms. The number of benzene rings is 2. The van der Waals surface area contributed by atoms with Crippen LogP contribution in [0.15, 0.2) is 48.5 Å². The minimum Gasteiger partial charge on any atom is -0.497 e. The maximum absolute atomic E-state index is 12.9. The lowest BCUT2D eigenvalue weighted by atomic mass is 10.0. The number of carbonyl (C=O) groups excluding carboxylic acids is 2. The lowest BCUT2D eigenvalue weighted by molar-refractivity contribution is -0.125. The van der Waals surface area contributed by atoms with Crippen molar-refractivity contribution < 1.29 is 19.1 Å². The minimum atomic E-state index is -0.627. The van der Waals surface area contributed by atoms with Gasteiger partial charge < -0.3 is 19.7 Å². The first-order valence-electron chi connectivity index (χ1n) is 8.95. The first kappa shape index (κ1) is 18.9. The second-order valence-corrected chi connectivity index (χ2v) is 6.41. The summed E-state index contributed by atoms with van der Waals surface area (Å²) in [5.41, 5.74) is 2.28. The highest BCUT2D eigenvalue weighted by atomic mass is 16.5. The third-order valence-corrected chi connectivity index (χ3v) is 4.64. The molecule has 1 heterocycles. The molecule has 0 fully saturated rings. The van der Waals surface area contributed by atoms with Crippen LogP contribution in [0.5, 0.6) is 5.75 Å². The van der Waals surface area contributed by atoms with Crippen LogP contribution >= 0.6 is 0 Å². The molecule has 0 saturated carbocycles. The lowest BCUT2D eigenvalue weighted by Gasteiger charge is -2.25. The smallest absolute Gasteiger partial charge is 0.255 e. The number of ether oxygens (including phenoxy) is 2. The molecule has 142 valence electrons. The highest BCUT2D eigenvalue weighted by Gasteiger charge is 2.40. The van der Waals surface area contributed by atoms with Gasteiger partial charge in [0.05, 0.1) is 7.11 Å². The van der Waals surface area contributed by atoms with Gasteiger partial charge >= 0.3 is 0 Å². The van der Waals surface area contributed by atoms with Gasteiger partial charge in [-0.15, -0.1) is 0 Å². The fraction of sp³-hybridized carbons (Fsp3) is 0.333. The SMILES string of the molecule is COCCCNC(=O)[C@H]1c2ccccc2C(=O)N1Cc1ccc(OC)cc1. The van der Waals surface area contributed by atoms with Crippen LogP contribution in [-0.2, 0) is 16.1 Å². The van der Waals surface area contributed by atoms with E-state index in [1.54, 1.807) is 25.2 Å². The molecule has 3 rings (SSSR count). The van der Waals surface area contributed by atoms with Crippen LogP contribution < -0.4 is 10.1 Å². The molecule has 1 aliphatic rings. The Balaban J connectivity index is 1.81. The van der Waals surface area contributed by atoms with Gasteiger partial charge in [-0.1, -0.05) is 30.3 Å². The Morgan fingerprint density at radius 2 is 1.85 bits per heavy atom. The third-order valence-electron chi connectivity index (χ3n) is 4.64. The van der Waals surface area contributed by atoms with Crippen LogP contribution in [-0.4, -0.2) is 44.1 Å². The van der Waals surface area contributed by atoms with Gasteiger partial charge in [-0.3, -0.25) is 9.59 Å². The average molecular weight is 368 g/mol. The van der Waals surface area contributed by atoms with Gasteiger partial charge in [0.25, 0.3) is 5.91 Å². The van der Waals surface area contributed by atoms with Crippen molar-refractivity contribution in [1.82, 2.24) is 10.2 Å². The number of nitrogens with one attached hydrogen (secondary N) is 1. The molecule has 0 unspecified atom stereocenters. The molecular weight excluding hydrogens is 344 g/mol. The second kappa shape index (κ2) is 8.68. The van der Waals surface area contributed by atoms with Gasteiger partial charge in [0.15, 0.2) is 0 Å². The molecule has 2 aromatic carbocycles. The number of rotatable bonds is 8. The fourth-order valence-electron chi connectivity index (χ4n) is 3.27. The summed E-state index contributed by atoms with van der Waals surface area (Å²) in [5.74, 6) is 0.457. The average Bonchev–Trinajstić information content (AvgIpc) is 2.98. The van der Waals surface area contributed by atoms with Crippen LogP contribution in [0.2, 0.25) is 0 Å². The molecule has 0 spiro atoms. The molecule has 27 heavy (non-hydrogen) atoms. The third kappa shape index (κ3) is 4.11. The van der Waals surface area contributed by atoms with Crippen molar-refractivity contribution in [3.8, 4) is 5.75 Å². The van der Waals surface area contributed by atoms with Crippen LogP contribution in [0, 0.1) is 0 Å². The number of fused-ring (bicyclic) bond motifs is 1. The molecule has 0 aromatic heterocycles. The number of amides is 2. The van der Waals surface area contributed by atoms with Crippen molar-refractivity contribution >= 4 is 11.8 Å². The molecule has 0 saturated heterocycles. The van der Waals surface area contributed by atoms with Gasteiger partial charge in [0.1, 0.15) is 11.8 Å². The van der Waals surface area contributed by atoms with Crippen LogP contribution in [0.4, 0.5) is 0 Å². The Morgan fingerprint density at radius 1 is 1.11 bits per heavy atom. The number of hydrogen-bond donors (Lipinski definition) is 1. The molecule has 2 aromatic rings. The molecule has 0 aliphatic carbocycles. The molecule has 0 radical (unpaired) electrons. The van der Waals surface area contributed by atoms with E-state index < -0.39 is 6.04 Å². The number of nitrogens with zero attached hydrogens (tertiary/aromatic N) is 1. The normalized spacial score (nSPS) is 15.6. The molecule has 6 nitrogen and oxygen atoms in total. The lowest BCUT2D eigenvalue weighted by Crippen LogP contribution is -2.39. The standard InChI is InChI=1S/C21H24N2O4/c1-26-13-5-12-22-20(24)19-17-6-3-4-7-18(17)21(25)23(19)14-15-8-10-16(27-2)11-9-15/h3-4,6-11,19H,5,12-14H2,1-2H3,(H,22,24)/t19-/m1/s1. The Labute approximate surface area is 159 Å². The summed E-state index contributed by atoms with van der Waals surface area (Å²) >= 11 is 0. The van der Waals surface area contributed by atoms with Crippen molar-refractivity contribution in [2.24, 2.45) is 0 Å². The van der Waals surface area contributed by atoms with Gasteiger partial charge in [-0.25, -0.2) is 0 Å². The predicted octanol–water partition coefficient (Wildman–Crippen LogP) is 2.55. The topological polar surface area (TPSA) is 67.9 Å². The van der Waals surface area contributed by atoms with E-state index in [1.165, 1.54) is 0 Å². The first-order valence-corrected chi connectivity index (χ1v) is 8.95. The van der Waals surface area contributed by atoms with Crippen molar-refractivity contribution in [2.45, 2.75) is 19.0 Å². The highest BCUT2D eigenvalue weighted by Crippen LogP contribution is 2.35. The summed E-state index contributed by atoms with van der Waals surface area (Å²) in [4.78, 5) is 27.4. The second-order valence-electron chi connectivity index (χ2n) is 6.41. The van der Waals surface area contributed by atoms with E-state index in [9.17, 15) is 9.59 Å². The maximum Gasteiger partial charge on any atom is 0.255 e. The Morgan fingerprint density at radius 3 is 2.56 bits per heavy atom. The predicted molar refractivity (Wildman–Crippen MR) is 102 cm³/mol. The summed E-state index contributed by atoms with van der Waals surface area (Å²) in [7, 11) is 3.24. The summed E-state index contributed by atoms with van der Waals surface area (Å²) in [6, 6.07) is 14.2. The maximum atomic E-state index is 12.9.